The summed E-state index contributed by atoms with van der Waals surface area (Å²) >= 11 is 5.89. The molecule has 0 unspecified atom stereocenters. The van der Waals surface area contributed by atoms with E-state index in [4.69, 9.17) is 16.3 Å². The van der Waals surface area contributed by atoms with Crippen LogP contribution in [0.15, 0.2) is 18.2 Å². The van der Waals surface area contributed by atoms with Crippen LogP contribution in [0.5, 0.6) is 5.75 Å². The lowest BCUT2D eigenvalue weighted by molar-refractivity contribution is -0.148. The number of benzene rings is 1. The number of nitrogens with one attached hydrogen (secondary N) is 1. The molecule has 1 saturated heterocycles. The van der Waals surface area contributed by atoms with Crippen LogP contribution in [0.1, 0.15) is 0 Å². The van der Waals surface area contributed by atoms with Gasteiger partial charge in [-0.2, -0.15) is 13.2 Å². The van der Waals surface area contributed by atoms with Crippen LogP contribution < -0.4 is 10.1 Å². The third-order valence-corrected chi connectivity index (χ3v) is 3.70. The van der Waals surface area contributed by atoms with Crippen molar-refractivity contribution < 1.29 is 22.7 Å². The fourth-order valence-corrected chi connectivity index (χ4v) is 2.51. The van der Waals surface area contributed by atoms with Gasteiger partial charge >= 0.3 is 12.2 Å². The molecule has 128 valence electrons. The zero-order chi connectivity index (χ0) is 17.0. The molecule has 2 rings (SSSR count). The molecule has 0 radical (unpaired) electrons. The van der Waals surface area contributed by atoms with Crippen molar-refractivity contribution in [3.8, 4) is 5.75 Å². The highest BCUT2D eigenvalue weighted by Gasteiger charge is 2.32. The van der Waals surface area contributed by atoms with E-state index in [1.54, 1.807) is 18.2 Å². The number of hydrogen-bond acceptors (Lipinski definition) is 3. The average molecular weight is 352 g/mol. The van der Waals surface area contributed by atoms with Crippen molar-refractivity contribution in [2.75, 3.05) is 45.2 Å². The van der Waals surface area contributed by atoms with E-state index >= 15 is 0 Å². The minimum Gasteiger partial charge on any atom is -0.495 e. The first-order valence-electron chi connectivity index (χ1n) is 6.97. The summed E-state index contributed by atoms with van der Waals surface area (Å²) in [5.74, 6) is 0.457. The first-order valence-corrected chi connectivity index (χ1v) is 7.35. The first kappa shape index (κ1) is 17.7. The Morgan fingerprint density at radius 1 is 1.30 bits per heavy atom. The molecule has 1 heterocycles. The highest BCUT2D eigenvalue weighted by molar-refractivity contribution is 6.31. The summed E-state index contributed by atoms with van der Waals surface area (Å²) in [6.45, 7) is -0.139. The zero-order valence-corrected chi connectivity index (χ0v) is 13.2. The van der Waals surface area contributed by atoms with Crippen molar-refractivity contribution in [2.45, 2.75) is 6.18 Å². The molecule has 0 atom stereocenters. The van der Waals surface area contributed by atoms with Gasteiger partial charge in [0.05, 0.1) is 19.3 Å². The second-order valence-electron chi connectivity index (χ2n) is 5.15. The zero-order valence-electron chi connectivity index (χ0n) is 12.5. The Morgan fingerprint density at radius 2 is 1.96 bits per heavy atom. The Morgan fingerprint density at radius 3 is 2.52 bits per heavy atom. The Kier molecular flexibility index (Phi) is 5.59. The summed E-state index contributed by atoms with van der Waals surface area (Å²) in [5.41, 5.74) is 0.419. The van der Waals surface area contributed by atoms with Gasteiger partial charge in [0.1, 0.15) is 5.75 Å². The van der Waals surface area contributed by atoms with E-state index in [-0.39, 0.29) is 26.2 Å². The van der Waals surface area contributed by atoms with Gasteiger partial charge in [0.25, 0.3) is 0 Å². The number of carbonyl (C=O) groups is 1. The minimum atomic E-state index is -4.22. The molecule has 1 aliphatic heterocycles. The number of carbonyl (C=O) groups excluding carboxylic acids is 1. The number of anilines is 1. The normalized spacial score (nSPS) is 16.3. The molecule has 2 amide bonds. The molecular formula is C14H17ClF3N3O2. The van der Waals surface area contributed by atoms with Gasteiger partial charge in [-0.3, -0.25) is 4.90 Å². The third kappa shape index (κ3) is 5.18. The Hall–Kier alpha value is -1.67. The van der Waals surface area contributed by atoms with Crippen LogP contribution in [0.25, 0.3) is 0 Å². The number of amides is 2. The molecule has 1 N–H and O–H groups in total. The molecule has 0 aromatic heterocycles. The summed E-state index contributed by atoms with van der Waals surface area (Å²) in [6.07, 6.45) is -4.22. The van der Waals surface area contributed by atoms with Crippen molar-refractivity contribution in [2.24, 2.45) is 0 Å². The Balaban J connectivity index is 1.92. The maximum atomic E-state index is 12.3. The van der Waals surface area contributed by atoms with E-state index in [0.29, 0.717) is 16.5 Å². The van der Waals surface area contributed by atoms with E-state index in [1.165, 1.54) is 16.9 Å². The largest absolute Gasteiger partial charge is 0.495 e. The molecule has 0 bridgehead atoms. The summed E-state index contributed by atoms with van der Waals surface area (Å²) < 4.78 is 42.2. The molecule has 0 saturated carbocycles. The number of rotatable bonds is 3. The van der Waals surface area contributed by atoms with Crippen LogP contribution >= 0.6 is 11.6 Å². The number of nitrogens with zero attached hydrogens (tertiary/aromatic N) is 2. The van der Waals surface area contributed by atoms with Gasteiger partial charge in [-0.15, -0.1) is 0 Å². The van der Waals surface area contributed by atoms with E-state index in [1.807, 2.05) is 0 Å². The van der Waals surface area contributed by atoms with Crippen molar-refractivity contribution in [3.63, 3.8) is 0 Å². The van der Waals surface area contributed by atoms with Gasteiger partial charge in [0.2, 0.25) is 0 Å². The van der Waals surface area contributed by atoms with Gasteiger partial charge in [-0.1, -0.05) is 11.6 Å². The SMILES string of the molecule is COc1ccc(Cl)cc1NC(=O)N1CCN(CC(F)(F)F)CC1. The predicted octanol–water partition coefficient (Wildman–Crippen LogP) is 3.06. The lowest BCUT2D eigenvalue weighted by atomic mass is 10.3. The van der Waals surface area contributed by atoms with Crippen LogP contribution in [0.4, 0.5) is 23.7 Å². The second-order valence-corrected chi connectivity index (χ2v) is 5.59. The van der Waals surface area contributed by atoms with Crippen LogP contribution in [0, 0.1) is 0 Å². The number of urea groups is 1. The molecule has 0 aliphatic carbocycles. The molecule has 1 aromatic rings. The molecule has 5 nitrogen and oxygen atoms in total. The summed E-state index contributed by atoms with van der Waals surface area (Å²) in [7, 11) is 1.47. The first-order chi connectivity index (χ1) is 10.8. The van der Waals surface area contributed by atoms with Crippen LogP contribution in [0.3, 0.4) is 0 Å². The second kappa shape index (κ2) is 7.27. The maximum absolute atomic E-state index is 12.3. The van der Waals surface area contributed by atoms with E-state index in [2.05, 4.69) is 5.32 Å². The van der Waals surface area contributed by atoms with Crippen LogP contribution in [-0.2, 0) is 0 Å². The quantitative estimate of drug-likeness (QED) is 0.910. The average Bonchev–Trinajstić information content (AvgIpc) is 2.46. The number of alkyl halides is 3. The van der Waals surface area contributed by atoms with E-state index in [9.17, 15) is 18.0 Å². The van der Waals surface area contributed by atoms with Crippen molar-refractivity contribution in [1.29, 1.82) is 0 Å². The molecule has 9 heteroatoms. The summed E-state index contributed by atoms with van der Waals surface area (Å²) in [6, 6.07) is 4.42. The molecule has 23 heavy (non-hydrogen) atoms. The monoisotopic (exact) mass is 351 g/mol. The van der Waals surface area contributed by atoms with Crippen molar-refractivity contribution in [1.82, 2.24) is 9.80 Å². The number of piperazine rings is 1. The smallest absolute Gasteiger partial charge is 0.401 e. The summed E-state index contributed by atoms with van der Waals surface area (Å²) in [4.78, 5) is 15.0. The number of halogens is 4. The molecule has 0 spiro atoms. The third-order valence-electron chi connectivity index (χ3n) is 3.47. The fraction of sp³-hybridized carbons (Fsp3) is 0.500. The molecular weight excluding hydrogens is 335 g/mol. The fourth-order valence-electron chi connectivity index (χ4n) is 2.33. The maximum Gasteiger partial charge on any atom is 0.401 e. The van der Waals surface area contributed by atoms with Crippen LogP contribution in [-0.4, -0.2) is 61.8 Å². The predicted molar refractivity (Wildman–Crippen MR) is 81.1 cm³/mol. The molecule has 1 aromatic carbocycles. The van der Waals surface area contributed by atoms with E-state index < -0.39 is 18.8 Å². The van der Waals surface area contributed by atoms with Gasteiger partial charge < -0.3 is 15.0 Å². The lowest BCUT2D eigenvalue weighted by Crippen LogP contribution is -2.51. The topological polar surface area (TPSA) is 44.8 Å². The van der Waals surface area contributed by atoms with E-state index in [0.717, 1.165) is 0 Å². The lowest BCUT2D eigenvalue weighted by Gasteiger charge is -2.35. The van der Waals surface area contributed by atoms with Crippen LogP contribution in [0.2, 0.25) is 5.02 Å². The molecule has 1 aliphatic rings. The van der Waals surface area contributed by atoms with Crippen molar-refractivity contribution >= 4 is 23.3 Å². The Labute approximate surface area is 136 Å². The number of ether oxygens (including phenoxy) is 1. The highest BCUT2D eigenvalue weighted by atomic mass is 35.5. The number of hydrogen-bond donors (Lipinski definition) is 1. The van der Waals surface area contributed by atoms with Gasteiger partial charge in [0.15, 0.2) is 0 Å². The summed E-state index contributed by atoms with van der Waals surface area (Å²) in [5, 5.41) is 3.11. The van der Waals surface area contributed by atoms with Crippen molar-refractivity contribution in [3.05, 3.63) is 23.2 Å². The van der Waals surface area contributed by atoms with Gasteiger partial charge in [0, 0.05) is 31.2 Å². The van der Waals surface area contributed by atoms with Gasteiger partial charge in [-0.05, 0) is 18.2 Å². The number of methoxy groups -OCH3 is 1. The minimum absolute atomic E-state index is 0.180. The van der Waals surface area contributed by atoms with Gasteiger partial charge in [-0.25, -0.2) is 4.79 Å². The Bertz CT molecular complexity index is 561. The standard InChI is InChI=1S/C14H17ClF3N3O2/c1-23-12-3-2-10(15)8-11(12)19-13(22)21-6-4-20(5-7-21)9-14(16,17)18/h2-3,8H,4-7,9H2,1H3,(H,19,22). The highest BCUT2D eigenvalue weighted by Crippen LogP contribution is 2.28. The molecule has 1 fully saturated rings.